The van der Waals surface area contributed by atoms with E-state index in [1.54, 1.807) is 12.0 Å². The van der Waals surface area contributed by atoms with E-state index in [2.05, 4.69) is 0 Å². The van der Waals surface area contributed by atoms with Crippen molar-refractivity contribution in [3.05, 3.63) is 0 Å². The monoisotopic (exact) mass is 274 g/mol. The number of methoxy groups -OCH3 is 1. The van der Waals surface area contributed by atoms with Crippen LogP contribution in [0.25, 0.3) is 0 Å². The molecular weight excluding hydrogens is 252 g/mol. The molecule has 2 amide bonds. The summed E-state index contributed by atoms with van der Waals surface area (Å²) in [5.74, 6) is -1.08. The van der Waals surface area contributed by atoms with Crippen LogP contribution >= 0.6 is 0 Å². The molecule has 1 aliphatic heterocycles. The van der Waals surface area contributed by atoms with Crippen molar-refractivity contribution in [1.29, 1.82) is 0 Å². The Morgan fingerprint density at radius 3 is 2.58 bits per heavy atom. The molecule has 0 aromatic rings. The first-order valence-corrected chi connectivity index (χ1v) is 6.35. The van der Waals surface area contributed by atoms with Gasteiger partial charge in [-0.05, 0) is 13.8 Å². The van der Waals surface area contributed by atoms with Gasteiger partial charge in [-0.1, -0.05) is 0 Å². The molecule has 0 bridgehead atoms. The van der Waals surface area contributed by atoms with Crippen LogP contribution in [0.2, 0.25) is 0 Å². The van der Waals surface area contributed by atoms with Gasteiger partial charge < -0.3 is 24.7 Å². The number of β-amino-alcohol motifs (C(OH)–C–C–N with tert-alkyl or cyclic N) is 1. The number of ether oxygens (including phenoxy) is 1. The van der Waals surface area contributed by atoms with Crippen molar-refractivity contribution < 1.29 is 24.5 Å². The summed E-state index contributed by atoms with van der Waals surface area (Å²) in [7, 11) is 1.54. The van der Waals surface area contributed by atoms with Gasteiger partial charge in [0.15, 0.2) is 0 Å². The van der Waals surface area contributed by atoms with Gasteiger partial charge in [-0.3, -0.25) is 0 Å². The first kappa shape index (κ1) is 15.7. The van der Waals surface area contributed by atoms with E-state index in [1.807, 2.05) is 13.8 Å². The molecule has 1 fully saturated rings. The fourth-order valence-electron chi connectivity index (χ4n) is 2.19. The predicted molar refractivity (Wildman–Crippen MR) is 67.9 cm³/mol. The molecule has 0 aliphatic carbocycles. The Morgan fingerprint density at radius 2 is 2.11 bits per heavy atom. The molecule has 2 N–H and O–H groups in total. The summed E-state index contributed by atoms with van der Waals surface area (Å²) in [4.78, 5) is 26.3. The quantitative estimate of drug-likeness (QED) is 0.735. The summed E-state index contributed by atoms with van der Waals surface area (Å²) >= 11 is 0. The Bertz CT molecular complexity index is 334. The Hall–Kier alpha value is -1.34. The van der Waals surface area contributed by atoms with Crippen LogP contribution in [0.3, 0.4) is 0 Å². The number of likely N-dealkylation sites (tertiary alicyclic amines) is 1. The number of carbonyl (C=O) groups is 2. The van der Waals surface area contributed by atoms with E-state index >= 15 is 0 Å². The topological polar surface area (TPSA) is 90.3 Å². The summed E-state index contributed by atoms with van der Waals surface area (Å²) in [6, 6.07) is -1.38. The third kappa shape index (κ3) is 3.81. The number of hydrogen-bond acceptors (Lipinski definition) is 4. The van der Waals surface area contributed by atoms with Crippen molar-refractivity contribution in [1.82, 2.24) is 9.80 Å². The van der Waals surface area contributed by atoms with Crippen molar-refractivity contribution >= 4 is 12.0 Å². The van der Waals surface area contributed by atoms with Gasteiger partial charge >= 0.3 is 12.0 Å². The zero-order chi connectivity index (χ0) is 14.6. The zero-order valence-electron chi connectivity index (χ0n) is 11.6. The van der Waals surface area contributed by atoms with Crippen molar-refractivity contribution in [3.8, 4) is 0 Å². The maximum absolute atomic E-state index is 12.4. The van der Waals surface area contributed by atoms with E-state index in [1.165, 1.54) is 4.90 Å². The standard InChI is InChI=1S/C12H22N2O5/c1-8(2)13(4-5-19-3)12(18)14-7-9(15)6-10(14)11(16)17/h8-10,15H,4-7H2,1-3H3,(H,16,17)/t9-,10+/m1/s1. The second-order valence-corrected chi connectivity index (χ2v) is 4.96. The molecule has 0 spiro atoms. The number of aliphatic hydroxyl groups excluding tert-OH is 1. The van der Waals surface area contributed by atoms with Gasteiger partial charge in [-0.15, -0.1) is 0 Å². The van der Waals surface area contributed by atoms with Crippen molar-refractivity contribution in [2.75, 3.05) is 26.8 Å². The van der Waals surface area contributed by atoms with Gasteiger partial charge in [0.2, 0.25) is 0 Å². The predicted octanol–water partition coefficient (Wildman–Crippen LogP) is -0.0170. The third-order valence-electron chi connectivity index (χ3n) is 3.22. The first-order chi connectivity index (χ1) is 8.88. The number of urea groups is 1. The van der Waals surface area contributed by atoms with Crippen LogP contribution < -0.4 is 0 Å². The van der Waals surface area contributed by atoms with Crippen LogP contribution in [0.4, 0.5) is 4.79 Å². The number of carboxylic acids is 1. The highest BCUT2D eigenvalue weighted by molar-refractivity contribution is 5.83. The van der Waals surface area contributed by atoms with E-state index in [-0.39, 0.29) is 25.0 Å². The van der Waals surface area contributed by atoms with Gasteiger partial charge in [0.05, 0.1) is 12.7 Å². The smallest absolute Gasteiger partial charge is 0.326 e. The van der Waals surface area contributed by atoms with Gasteiger partial charge in [0.25, 0.3) is 0 Å². The molecule has 0 aromatic carbocycles. The minimum absolute atomic E-state index is 0.0603. The number of carboxylic acid groups (broad SMARTS) is 1. The lowest BCUT2D eigenvalue weighted by Crippen LogP contribution is -2.51. The molecular formula is C12H22N2O5. The van der Waals surface area contributed by atoms with Gasteiger partial charge in [0.1, 0.15) is 6.04 Å². The Kier molecular flexibility index (Phi) is 5.56. The molecule has 7 nitrogen and oxygen atoms in total. The van der Waals surface area contributed by atoms with Crippen LogP contribution in [0, 0.1) is 0 Å². The number of carbonyl (C=O) groups excluding carboxylic acids is 1. The van der Waals surface area contributed by atoms with E-state index in [0.717, 1.165) is 0 Å². The first-order valence-electron chi connectivity index (χ1n) is 6.35. The maximum atomic E-state index is 12.4. The van der Waals surface area contributed by atoms with Crippen molar-refractivity contribution in [3.63, 3.8) is 0 Å². The van der Waals surface area contributed by atoms with Crippen LogP contribution in [-0.4, -0.2) is 77.0 Å². The molecule has 19 heavy (non-hydrogen) atoms. The normalized spacial score (nSPS) is 22.9. The second kappa shape index (κ2) is 6.72. The summed E-state index contributed by atoms with van der Waals surface area (Å²) in [6.45, 7) is 4.56. The Balaban J connectivity index is 2.80. The minimum Gasteiger partial charge on any atom is -0.480 e. The molecule has 1 saturated heterocycles. The van der Waals surface area contributed by atoms with Crippen LogP contribution in [-0.2, 0) is 9.53 Å². The lowest BCUT2D eigenvalue weighted by molar-refractivity contribution is -0.141. The number of amides is 2. The number of hydrogen-bond donors (Lipinski definition) is 2. The van der Waals surface area contributed by atoms with Crippen LogP contribution in [0.15, 0.2) is 0 Å². The van der Waals surface area contributed by atoms with E-state index in [9.17, 15) is 14.7 Å². The highest BCUT2D eigenvalue weighted by atomic mass is 16.5. The minimum atomic E-state index is -1.08. The molecule has 0 unspecified atom stereocenters. The number of aliphatic carboxylic acids is 1. The van der Waals surface area contributed by atoms with Crippen LogP contribution in [0.1, 0.15) is 20.3 Å². The largest absolute Gasteiger partial charge is 0.480 e. The average molecular weight is 274 g/mol. The van der Waals surface area contributed by atoms with Crippen molar-refractivity contribution in [2.24, 2.45) is 0 Å². The highest BCUT2D eigenvalue weighted by Gasteiger charge is 2.40. The Labute approximate surface area is 112 Å². The zero-order valence-corrected chi connectivity index (χ0v) is 11.6. The average Bonchev–Trinajstić information content (AvgIpc) is 2.71. The molecule has 0 radical (unpaired) electrons. The fourth-order valence-corrected chi connectivity index (χ4v) is 2.19. The fraction of sp³-hybridized carbons (Fsp3) is 0.833. The van der Waals surface area contributed by atoms with Gasteiger partial charge in [0, 0.05) is 32.7 Å². The molecule has 7 heteroatoms. The number of nitrogens with zero attached hydrogens (tertiary/aromatic N) is 2. The third-order valence-corrected chi connectivity index (χ3v) is 3.22. The summed E-state index contributed by atoms with van der Waals surface area (Å²) in [5, 5.41) is 18.7. The highest BCUT2D eigenvalue weighted by Crippen LogP contribution is 2.20. The molecule has 1 aliphatic rings. The van der Waals surface area contributed by atoms with E-state index in [0.29, 0.717) is 13.2 Å². The summed E-state index contributed by atoms with van der Waals surface area (Å²) in [6.07, 6.45) is -0.696. The summed E-state index contributed by atoms with van der Waals surface area (Å²) in [5.41, 5.74) is 0. The maximum Gasteiger partial charge on any atom is 0.326 e. The lowest BCUT2D eigenvalue weighted by atomic mass is 10.2. The molecule has 1 rings (SSSR count). The van der Waals surface area contributed by atoms with Gasteiger partial charge in [-0.25, -0.2) is 9.59 Å². The molecule has 2 atom stereocenters. The second-order valence-electron chi connectivity index (χ2n) is 4.96. The van der Waals surface area contributed by atoms with E-state index < -0.39 is 18.1 Å². The molecule has 0 saturated carbocycles. The van der Waals surface area contributed by atoms with Crippen molar-refractivity contribution in [2.45, 2.75) is 38.5 Å². The lowest BCUT2D eigenvalue weighted by Gasteiger charge is -2.32. The number of aliphatic hydroxyl groups is 1. The molecule has 110 valence electrons. The van der Waals surface area contributed by atoms with E-state index in [4.69, 9.17) is 9.84 Å². The molecule has 1 heterocycles. The molecule has 0 aromatic heterocycles. The summed E-state index contributed by atoms with van der Waals surface area (Å²) < 4.78 is 4.95. The number of rotatable bonds is 5. The SMILES string of the molecule is COCCN(C(=O)N1C[C@H](O)C[C@H]1C(=O)O)C(C)C. The van der Waals surface area contributed by atoms with Gasteiger partial charge in [-0.2, -0.15) is 0 Å². The Morgan fingerprint density at radius 1 is 1.47 bits per heavy atom. The van der Waals surface area contributed by atoms with Crippen LogP contribution in [0.5, 0.6) is 0 Å².